The standard InChI is InChI=1S/C31H30FN5O3.2C2HF3O2/c1-2-39-23-15-25(28(32)27(16-23)40-22-11-13-38-18-22)29(31-35-17-26(37-31)19-6-4-3-5-7-19)36-21-8-9-24-20(14-21)10-12-34-30(24)33;2*3-2(4,5)1(6)7/h3-10,12,14-17,22,29,36H,2,11,13,18H2,1H3,(H2,33,34)(H,35,37);2*(H,6,7)/t22-,29?;;/m0../s1. The number of anilines is 2. The zero-order valence-corrected chi connectivity index (χ0v) is 28.0. The molecule has 0 saturated carbocycles. The molecule has 2 aromatic heterocycles. The van der Waals surface area contributed by atoms with Gasteiger partial charge in [-0.15, -0.1) is 0 Å². The number of nitrogens with zero attached hydrogens (tertiary/aromatic N) is 2. The van der Waals surface area contributed by atoms with Crippen molar-refractivity contribution in [2.45, 2.75) is 37.8 Å². The molecule has 0 bridgehead atoms. The molecule has 1 aliphatic heterocycles. The van der Waals surface area contributed by atoms with Gasteiger partial charge in [-0.25, -0.2) is 23.9 Å². The predicted molar refractivity (Wildman–Crippen MR) is 180 cm³/mol. The van der Waals surface area contributed by atoms with E-state index in [1.165, 1.54) is 0 Å². The summed E-state index contributed by atoms with van der Waals surface area (Å²) in [6.07, 6.45) is -6.27. The summed E-state index contributed by atoms with van der Waals surface area (Å²) in [6, 6.07) is 20.1. The molecular formula is C35H32F7N5O7. The van der Waals surface area contributed by atoms with Crippen LogP contribution in [0.3, 0.4) is 0 Å². The van der Waals surface area contributed by atoms with Crippen LogP contribution in [0.5, 0.6) is 11.5 Å². The summed E-state index contributed by atoms with van der Waals surface area (Å²) in [5.41, 5.74) is 8.95. The molecule has 288 valence electrons. The van der Waals surface area contributed by atoms with E-state index in [2.05, 4.69) is 20.3 Å². The fourth-order valence-corrected chi connectivity index (χ4v) is 4.92. The lowest BCUT2D eigenvalue weighted by Crippen LogP contribution is -2.21. The highest BCUT2D eigenvalue weighted by Crippen LogP contribution is 2.37. The third kappa shape index (κ3) is 11.0. The number of nitrogens with two attached hydrogens (primary N) is 1. The monoisotopic (exact) mass is 767 g/mol. The van der Waals surface area contributed by atoms with Gasteiger partial charge in [-0.3, -0.25) is 0 Å². The molecule has 54 heavy (non-hydrogen) atoms. The second-order valence-corrected chi connectivity index (χ2v) is 11.2. The third-order valence-corrected chi connectivity index (χ3v) is 7.39. The molecule has 0 spiro atoms. The van der Waals surface area contributed by atoms with E-state index in [0.717, 1.165) is 27.7 Å². The number of aliphatic carboxylic acids is 2. The van der Waals surface area contributed by atoms with Crippen LogP contribution >= 0.6 is 0 Å². The molecule has 0 radical (unpaired) electrons. The maximum Gasteiger partial charge on any atom is 0.490 e. The number of nitrogens with one attached hydrogen (secondary N) is 2. The normalized spacial score (nSPS) is 14.6. The molecule has 5 aromatic rings. The van der Waals surface area contributed by atoms with E-state index < -0.39 is 36.2 Å². The van der Waals surface area contributed by atoms with Crippen LogP contribution in [0.4, 0.5) is 42.2 Å². The number of carboxylic acid groups (broad SMARTS) is 2. The van der Waals surface area contributed by atoms with Crippen LogP contribution in [0.25, 0.3) is 22.0 Å². The zero-order chi connectivity index (χ0) is 39.6. The first kappa shape index (κ1) is 40.7. The summed E-state index contributed by atoms with van der Waals surface area (Å²) in [4.78, 5) is 30.0. The molecule has 1 fully saturated rings. The smallest absolute Gasteiger partial charge is 0.490 e. The number of aromatic amines is 1. The molecular weight excluding hydrogens is 735 g/mol. The van der Waals surface area contributed by atoms with Gasteiger partial charge in [0, 0.05) is 35.3 Å². The minimum absolute atomic E-state index is 0.121. The lowest BCUT2D eigenvalue weighted by Gasteiger charge is -2.23. The summed E-state index contributed by atoms with van der Waals surface area (Å²) in [5.74, 6) is -4.38. The summed E-state index contributed by atoms with van der Waals surface area (Å²) < 4.78 is 97.1. The highest BCUT2D eigenvalue weighted by Gasteiger charge is 2.39. The lowest BCUT2D eigenvalue weighted by molar-refractivity contribution is -0.193. The Morgan fingerprint density at radius 1 is 1.00 bits per heavy atom. The van der Waals surface area contributed by atoms with Crippen LogP contribution in [0.1, 0.15) is 30.8 Å². The lowest BCUT2D eigenvalue weighted by atomic mass is 10.0. The maximum atomic E-state index is 16.3. The minimum atomic E-state index is -5.08. The Bertz CT molecular complexity index is 2010. The molecule has 6 N–H and O–H groups in total. The molecule has 0 amide bonds. The number of benzene rings is 3. The van der Waals surface area contributed by atoms with Gasteiger partial charge in [-0.2, -0.15) is 26.3 Å². The van der Waals surface area contributed by atoms with E-state index in [4.69, 9.17) is 39.7 Å². The number of rotatable bonds is 9. The van der Waals surface area contributed by atoms with E-state index in [1.807, 2.05) is 61.5 Å². The number of fused-ring (bicyclic) bond motifs is 1. The molecule has 19 heteroatoms. The van der Waals surface area contributed by atoms with Gasteiger partial charge in [0.1, 0.15) is 29.5 Å². The number of imidazole rings is 1. The number of carboxylic acids is 2. The van der Waals surface area contributed by atoms with Gasteiger partial charge in [0.2, 0.25) is 0 Å². The SMILES string of the molecule is CCOc1cc(O[C@H]2CCOC2)c(F)c(C(Nc2ccc3c(N)nccc3c2)c2ncc(-c3ccccc3)[nH]2)c1.O=C(O)C(F)(F)F.O=C(O)C(F)(F)F. The van der Waals surface area contributed by atoms with Crippen molar-refractivity contribution in [1.82, 2.24) is 15.0 Å². The van der Waals surface area contributed by atoms with Gasteiger partial charge >= 0.3 is 24.3 Å². The number of carbonyl (C=O) groups is 2. The number of pyridine rings is 1. The summed E-state index contributed by atoms with van der Waals surface area (Å²) >= 11 is 0. The summed E-state index contributed by atoms with van der Waals surface area (Å²) in [6.45, 7) is 3.32. The Hall–Kier alpha value is -6.11. The van der Waals surface area contributed by atoms with Crippen molar-refractivity contribution in [2.24, 2.45) is 0 Å². The first-order valence-corrected chi connectivity index (χ1v) is 15.8. The Kier molecular flexibility index (Phi) is 13.3. The van der Waals surface area contributed by atoms with Crippen LogP contribution in [-0.2, 0) is 14.3 Å². The van der Waals surface area contributed by atoms with Crippen molar-refractivity contribution < 1.29 is 64.7 Å². The molecule has 1 aliphatic rings. The first-order chi connectivity index (χ1) is 25.5. The van der Waals surface area contributed by atoms with Gasteiger partial charge in [-0.05, 0) is 48.2 Å². The van der Waals surface area contributed by atoms with E-state index in [9.17, 15) is 26.3 Å². The molecule has 6 rings (SSSR count). The first-order valence-electron chi connectivity index (χ1n) is 15.8. The number of halogens is 7. The van der Waals surface area contributed by atoms with Gasteiger partial charge < -0.3 is 40.5 Å². The zero-order valence-electron chi connectivity index (χ0n) is 28.0. The van der Waals surface area contributed by atoms with Crippen molar-refractivity contribution in [3.05, 3.63) is 96.3 Å². The molecule has 1 saturated heterocycles. The fraction of sp³-hybridized carbons (Fsp3) is 0.257. The van der Waals surface area contributed by atoms with Crippen LogP contribution < -0.4 is 20.5 Å². The van der Waals surface area contributed by atoms with Gasteiger partial charge in [0.15, 0.2) is 11.6 Å². The van der Waals surface area contributed by atoms with E-state index in [-0.39, 0.29) is 11.9 Å². The number of H-pyrrole nitrogens is 1. The highest BCUT2D eigenvalue weighted by atomic mass is 19.4. The van der Waals surface area contributed by atoms with Gasteiger partial charge in [0.25, 0.3) is 0 Å². The predicted octanol–water partition coefficient (Wildman–Crippen LogP) is 7.38. The molecule has 3 aromatic carbocycles. The maximum absolute atomic E-state index is 16.3. The minimum Gasteiger partial charge on any atom is -0.494 e. The number of aromatic nitrogens is 3. The molecule has 3 heterocycles. The summed E-state index contributed by atoms with van der Waals surface area (Å²) in [7, 11) is 0. The van der Waals surface area contributed by atoms with E-state index in [1.54, 1.807) is 24.5 Å². The Morgan fingerprint density at radius 2 is 1.67 bits per heavy atom. The van der Waals surface area contributed by atoms with Crippen LogP contribution in [0.15, 0.2) is 79.1 Å². The summed E-state index contributed by atoms with van der Waals surface area (Å²) in [5, 5.41) is 19.5. The van der Waals surface area contributed by atoms with Crippen molar-refractivity contribution in [3.63, 3.8) is 0 Å². The molecule has 1 unspecified atom stereocenters. The van der Waals surface area contributed by atoms with E-state index in [0.29, 0.717) is 49.2 Å². The molecule has 12 nitrogen and oxygen atoms in total. The van der Waals surface area contributed by atoms with Crippen LogP contribution in [-0.4, -0.2) is 75.4 Å². The van der Waals surface area contributed by atoms with Crippen molar-refractivity contribution in [2.75, 3.05) is 30.9 Å². The Labute approximate surface area is 301 Å². The highest BCUT2D eigenvalue weighted by molar-refractivity contribution is 5.93. The third-order valence-electron chi connectivity index (χ3n) is 7.39. The van der Waals surface area contributed by atoms with Gasteiger partial charge in [0.05, 0.1) is 31.7 Å². The number of nitrogen functional groups attached to an aromatic ring is 1. The largest absolute Gasteiger partial charge is 0.494 e. The second kappa shape index (κ2) is 17.6. The number of hydrogen-bond acceptors (Lipinski definition) is 9. The average molecular weight is 768 g/mol. The van der Waals surface area contributed by atoms with E-state index >= 15 is 4.39 Å². The van der Waals surface area contributed by atoms with Crippen LogP contribution in [0, 0.1) is 5.82 Å². The fourth-order valence-electron chi connectivity index (χ4n) is 4.92. The average Bonchev–Trinajstić information content (AvgIpc) is 3.82. The van der Waals surface area contributed by atoms with Crippen molar-refractivity contribution >= 4 is 34.2 Å². The quantitative estimate of drug-likeness (QED) is 0.0944. The second-order valence-electron chi connectivity index (χ2n) is 11.2. The number of hydrogen-bond donors (Lipinski definition) is 5. The number of ether oxygens (including phenoxy) is 3. The van der Waals surface area contributed by atoms with Crippen LogP contribution in [0.2, 0.25) is 0 Å². The Morgan fingerprint density at radius 3 is 2.26 bits per heavy atom. The Balaban J connectivity index is 0.000000396. The molecule has 2 atom stereocenters. The topological polar surface area (TPSA) is 182 Å². The number of alkyl halides is 6. The molecule has 0 aliphatic carbocycles. The van der Waals surface area contributed by atoms with Crippen molar-refractivity contribution in [3.8, 4) is 22.8 Å². The van der Waals surface area contributed by atoms with Gasteiger partial charge in [-0.1, -0.05) is 30.3 Å². The van der Waals surface area contributed by atoms with Crippen molar-refractivity contribution in [1.29, 1.82) is 0 Å².